The van der Waals surface area contributed by atoms with Crippen molar-refractivity contribution in [1.29, 1.82) is 0 Å². The van der Waals surface area contributed by atoms with Crippen LogP contribution in [-0.2, 0) is 13.0 Å². The summed E-state index contributed by atoms with van der Waals surface area (Å²) in [7, 11) is 3.78. The van der Waals surface area contributed by atoms with Crippen molar-refractivity contribution in [1.82, 2.24) is 24.6 Å². The summed E-state index contributed by atoms with van der Waals surface area (Å²) < 4.78 is 6.51. The lowest BCUT2D eigenvalue weighted by Gasteiger charge is -2.18. The predicted molar refractivity (Wildman–Crippen MR) is 142 cm³/mol. The predicted octanol–water partition coefficient (Wildman–Crippen LogP) is 3.92. The smallest absolute Gasteiger partial charge is 0.372 e. The first-order valence-electron chi connectivity index (χ1n) is 11.9. The Labute approximate surface area is 213 Å². The Kier molecular flexibility index (Phi) is 6.40. The zero-order chi connectivity index (χ0) is 25.4. The molecule has 36 heavy (non-hydrogen) atoms. The fraction of sp³-hybridized carbons (Fsp3) is 0.296. The molecule has 0 radical (unpaired) electrons. The molecule has 0 aliphatic heterocycles. The monoisotopic (exact) mass is 501 g/mol. The van der Waals surface area contributed by atoms with Crippen LogP contribution in [0.25, 0.3) is 22.5 Å². The van der Waals surface area contributed by atoms with E-state index in [0.29, 0.717) is 35.3 Å². The summed E-state index contributed by atoms with van der Waals surface area (Å²) in [5.74, 6) is 0.988. The Morgan fingerprint density at radius 2 is 1.81 bits per heavy atom. The number of aryl methyl sites for hydroxylation is 1. The number of benzene rings is 2. The van der Waals surface area contributed by atoms with E-state index in [1.54, 1.807) is 0 Å². The van der Waals surface area contributed by atoms with Crippen molar-refractivity contribution >= 4 is 17.2 Å². The van der Waals surface area contributed by atoms with E-state index in [0.717, 1.165) is 46.6 Å². The van der Waals surface area contributed by atoms with Gasteiger partial charge in [0.15, 0.2) is 5.82 Å². The molecule has 2 aromatic heterocycles. The van der Waals surface area contributed by atoms with Crippen molar-refractivity contribution < 1.29 is 4.52 Å². The number of hydrogen-bond donors (Lipinski definition) is 1. The maximum absolute atomic E-state index is 13.6. The molecule has 2 heterocycles. The van der Waals surface area contributed by atoms with E-state index in [1.807, 2.05) is 79.0 Å². The van der Waals surface area contributed by atoms with Gasteiger partial charge in [0.1, 0.15) is 5.82 Å². The molecule has 0 atom stereocenters. The van der Waals surface area contributed by atoms with Gasteiger partial charge in [-0.15, -0.1) is 0 Å². The minimum atomic E-state index is -0.593. The first kappa shape index (κ1) is 23.9. The number of hydrogen-bond acceptors (Lipinski definition) is 6. The second-order valence-corrected chi connectivity index (χ2v) is 9.82. The summed E-state index contributed by atoms with van der Waals surface area (Å²) in [6, 6.07) is 15.7. The zero-order valence-corrected chi connectivity index (χ0v) is 21.3. The fourth-order valence-electron chi connectivity index (χ4n) is 4.30. The van der Waals surface area contributed by atoms with Gasteiger partial charge in [-0.2, -0.15) is 0 Å². The summed E-state index contributed by atoms with van der Waals surface area (Å²) in [6.07, 6.45) is 2.52. The van der Waals surface area contributed by atoms with Gasteiger partial charge in [-0.1, -0.05) is 65.9 Å². The van der Waals surface area contributed by atoms with Gasteiger partial charge in [0, 0.05) is 43.3 Å². The average Bonchev–Trinajstić information content (AvgIpc) is 3.63. The van der Waals surface area contributed by atoms with Crippen LogP contribution in [0.3, 0.4) is 0 Å². The lowest BCUT2D eigenvalue weighted by Crippen LogP contribution is -2.33. The highest BCUT2D eigenvalue weighted by Gasteiger charge is 2.30. The first-order chi connectivity index (χ1) is 17.3. The van der Waals surface area contributed by atoms with Gasteiger partial charge in [0.2, 0.25) is 0 Å². The molecule has 0 bridgehead atoms. The maximum Gasteiger partial charge on any atom is 0.439 e. The Bertz CT molecular complexity index is 1540. The van der Waals surface area contributed by atoms with Gasteiger partial charge < -0.3 is 4.90 Å². The Morgan fingerprint density at radius 1 is 1.11 bits per heavy atom. The lowest BCUT2D eigenvalue weighted by molar-refractivity contribution is 0.388. The van der Waals surface area contributed by atoms with Gasteiger partial charge in [0.05, 0.1) is 11.5 Å². The topological polar surface area (TPSA) is 97.0 Å². The number of aromatic amines is 1. The molecule has 1 aliphatic carbocycles. The molecule has 4 aromatic rings. The summed E-state index contributed by atoms with van der Waals surface area (Å²) >= 11 is 5.48. The maximum atomic E-state index is 13.6. The number of likely N-dealkylation sites (N-methyl/N-ethyl adjacent to an activating group) is 1. The molecule has 0 saturated heterocycles. The van der Waals surface area contributed by atoms with Crippen LogP contribution in [0.2, 0.25) is 0 Å². The van der Waals surface area contributed by atoms with Crippen LogP contribution < -0.4 is 11.3 Å². The molecule has 8 nitrogen and oxygen atoms in total. The van der Waals surface area contributed by atoms with Crippen LogP contribution in [0.1, 0.15) is 41.4 Å². The molecule has 0 spiro atoms. The second-order valence-electron chi connectivity index (χ2n) is 9.35. The minimum absolute atomic E-state index is 0.0157. The number of nitrogens with one attached hydrogen (secondary N) is 1. The lowest BCUT2D eigenvalue weighted by atomic mass is 9.98. The molecule has 1 fully saturated rings. The van der Waals surface area contributed by atoms with Gasteiger partial charge in [-0.05, 0) is 36.5 Å². The van der Waals surface area contributed by atoms with E-state index in [4.69, 9.17) is 17.2 Å². The standard InChI is InChI=1S/C27H27N5O3S/c1-16-22(14-23(36)31(2)3)26(33)32(25(28-16)19-12-13-19)15-17-8-10-18(11-9-17)20-6-4-5-7-21(20)24-29-27(34)35-30-24/h4-11,19H,12-15H2,1-3H3,(H,29,30,34). The molecule has 0 amide bonds. The summed E-state index contributed by atoms with van der Waals surface area (Å²) in [5.41, 5.74) is 5.06. The summed E-state index contributed by atoms with van der Waals surface area (Å²) in [4.78, 5) is 35.1. The van der Waals surface area contributed by atoms with Crippen molar-refractivity contribution in [2.45, 2.75) is 38.6 Å². The van der Waals surface area contributed by atoms with Gasteiger partial charge in [-0.3, -0.25) is 18.9 Å². The SMILES string of the molecule is Cc1nc(C2CC2)n(Cc2ccc(-c3ccccc3-c3noc(=O)[nH]3)cc2)c(=O)c1CC(=S)N(C)C. The number of nitrogens with zero attached hydrogens (tertiary/aromatic N) is 4. The summed E-state index contributed by atoms with van der Waals surface area (Å²) in [5, 5.41) is 3.83. The summed E-state index contributed by atoms with van der Waals surface area (Å²) in [6.45, 7) is 2.35. The van der Waals surface area contributed by atoms with Crippen LogP contribution in [0.4, 0.5) is 0 Å². The molecular weight excluding hydrogens is 474 g/mol. The van der Waals surface area contributed by atoms with E-state index in [1.165, 1.54) is 0 Å². The molecular formula is C27H27N5O3S. The fourth-order valence-corrected chi connectivity index (χ4v) is 4.44. The zero-order valence-electron chi connectivity index (χ0n) is 20.4. The third-order valence-electron chi connectivity index (χ3n) is 6.50. The molecule has 1 aliphatic rings. The van der Waals surface area contributed by atoms with Crippen molar-refractivity contribution in [3.05, 3.63) is 92.1 Å². The number of aromatic nitrogens is 4. The number of rotatable bonds is 7. The van der Waals surface area contributed by atoms with Crippen LogP contribution in [0, 0.1) is 6.92 Å². The molecule has 1 N–H and O–H groups in total. The van der Waals surface area contributed by atoms with E-state index < -0.39 is 5.76 Å². The third-order valence-corrected chi connectivity index (χ3v) is 7.01. The minimum Gasteiger partial charge on any atom is -0.372 e. The van der Waals surface area contributed by atoms with Crippen molar-refractivity contribution in [2.75, 3.05) is 14.1 Å². The highest BCUT2D eigenvalue weighted by atomic mass is 32.1. The molecule has 5 rings (SSSR count). The molecule has 0 unspecified atom stereocenters. The van der Waals surface area contributed by atoms with Crippen molar-refractivity contribution in [2.24, 2.45) is 0 Å². The van der Waals surface area contributed by atoms with Crippen LogP contribution >= 0.6 is 12.2 Å². The van der Waals surface area contributed by atoms with E-state index >= 15 is 0 Å². The van der Waals surface area contributed by atoms with Crippen molar-refractivity contribution in [3.8, 4) is 22.5 Å². The normalized spacial score (nSPS) is 13.1. The quantitative estimate of drug-likeness (QED) is 0.383. The average molecular weight is 502 g/mol. The molecule has 1 saturated carbocycles. The number of thiocarbonyl (C=S) groups is 1. The first-order valence-corrected chi connectivity index (χ1v) is 12.3. The Hall–Kier alpha value is -3.85. The Balaban J connectivity index is 1.48. The third kappa shape index (κ3) is 4.79. The molecule has 2 aromatic carbocycles. The highest BCUT2D eigenvalue weighted by Crippen LogP contribution is 2.39. The van der Waals surface area contributed by atoms with Crippen LogP contribution in [-0.4, -0.2) is 43.7 Å². The van der Waals surface area contributed by atoms with E-state index in [9.17, 15) is 9.59 Å². The second kappa shape index (κ2) is 9.66. The van der Waals surface area contributed by atoms with E-state index in [2.05, 4.69) is 14.7 Å². The van der Waals surface area contributed by atoms with Crippen LogP contribution in [0.5, 0.6) is 0 Å². The largest absolute Gasteiger partial charge is 0.439 e. The Morgan fingerprint density at radius 3 is 2.42 bits per heavy atom. The van der Waals surface area contributed by atoms with Gasteiger partial charge >= 0.3 is 5.76 Å². The van der Waals surface area contributed by atoms with Gasteiger partial charge in [-0.25, -0.2) is 9.78 Å². The molecule has 9 heteroatoms. The molecule has 184 valence electrons. The highest BCUT2D eigenvalue weighted by molar-refractivity contribution is 7.80. The van der Waals surface area contributed by atoms with Crippen molar-refractivity contribution in [3.63, 3.8) is 0 Å². The van der Waals surface area contributed by atoms with Gasteiger partial charge in [0.25, 0.3) is 5.56 Å². The van der Waals surface area contributed by atoms with E-state index in [-0.39, 0.29) is 5.56 Å². The number of H-pyrrole nitrogens is 1. The van der Waals surface area contributed by atoms with Crippen LogP contribution in [0.15, 0.2) is 62.6 Å².